The van der Waals surface area contributed by atoms with Gasteiger partial charge in [-0.3, -0.25) is 14.7 Å². The monoisotopic (exact) mass is 418 g/mol. The Bertz CT molecular complexity index is 1060. The zero-order valence-electron chi connectivity index (χ0n) is 16.8. The molecule has 1 fully saturated rings. The molecule has 0 bridgehead atoms. The average Bonchev–Trinajstić information content (AvgIpc) is 2.91. The predicted octanol–water partition coefficient (Wildman–Crippen LogP) is 1.78. The number of ether oxygens (including phenoxy) is 1. The van der Waals surface area contributed by atoms with Gasteiger partial charge in [-0.1, -0.05) is 24.3 Å². The highest BCUT2D eigenvalue weighted by Crippen LogP contribution is 2.21. The molecule has 9 heteroatoms. The van der Waals surface area contributed by atoms with E-state index in [2.05, 4.69) is 25.8 Å². The van der Waals surface area contributed by atoms with Gasteiger partial charge in [-0.15, -0.1) is 0 Å². The Morgan fingerprint density at radius 1 is 1.23 bits per heavy atom. The lowest BCUT2D eigenvalue weighted by Crippen LogP contribution is -2.45. The number of para-hydroxylation sites is 1. The van der Waals surface area contributed by atoms with Gasteiger partial charge in [-0.2, -0.15) is 5.26 Å². The highest BCUT2D eigenvalue weighted by molar-refractivity contribution is 6.13. The number of benzene rings is 2. The number of nitriles is 1. The first kappa shape index (κ1) is 20.5. The van der Waals surface area contributed by atoms with E-state index in [1.54, 1.807) is 24.3 Å². The molecule has 9 nitrogen and oxygen atoms in total. The summed E-state index contributed by atoms with van der Waals surface area (Å²) in [5.41, 5.74) is 3.07. The Morgan fingerprint density at radius 2 is 2.03 bits per heavy atom. The van der Waals surface area contributed by atoms with Crippen LogP contribution in [-0.2, 0) is 9.53 Å². The van der Waals surface area contributed by atoms with Crippen LogP contribution in [0.5, 0.6) is 0 Å². The Balaban J connectivity index is 1.54. The van der Waals surface area contributed by atoms with Gasteiger partial charge in [0.05, 0.1) is 30.6 Å². The molecule has 0 radical (unpaired) electrons. The number of nitrogens with one attached hydrogen (secondary N) is 3. The van der Waals surface area contributed by atoms with Crippen molar-refractivity contribution in [1.82, 2.24) is 10.2 Å². The maximum Gasteiger partial charge on any atom is 0.321 e. The van der Waals surface area contributed by atoms with E-state index in [1.165, 1.54) is 0 Å². The standard InChI is InChI=1S/C22H22N6O3/c23-13-15-4-3-5-16(12-15)24-22(30)27-20-21(29)26-18-7-2-1-6-17(18)19(25-20)14-28-8-10-31-11-9-28/h1-7,12,20H,8-11,14H2,(H,26,29)(H2,24,27,30). The van der Waals surface area contributed by atoms with E-state index in [1.807, 2.05) is 30.3 Å². The van der Waals surface area contributed by atoms with Gasteiger partial charge < -0.3 is 20.7 Å². The number of carbonyl (C=O) groups excluding carboxylic acids is 2. The minimum atomic E-state index is -1.09. The van der Waals surface area contributed by atoms with E-state index in [0.717, 1.165) is 18.7 Å². The second kappa shape index (κ2) is 9.38. The lowest BCUT2D eigenvalue weighted by atomic mass is 10.1. The van der Waals surface area contributed by atoms with Crippen molar-refractivity contribution in [2.75, 3.05) is 43.5 Å². The Labute approximate surface area is 179 Å². The lowest BCUT2D eigenvalue weighted by Gasteiger charge is -2.27. The Kier molecular flexibility index (Phi) is 6.21. The number of fused-ring (bicyclic) bond motifs is 1. The fourth-order valence-corrected chi connectivity index (χ4v) is 3.48. The van der Waals surface area contributed by atoms with Crippen LogP contribution in [0.15, 0.2) is 53.5 Å². The predicted molar refractivity (Wildman–Crippen MR) is 116 cm³/mol. The molecule has 1 atom stereocenters. The van der Waals surface area contributed by atoms with E-state index in [0.29, 0.717) is 42.4 Å². The van der Waals surface area contributed by atoms with E-state index in [9.17, 15) is 9.59 Å². The summed E-state index contributed by atoms with van der Waals surface area (Å²) in [4.78, 5) is 32.1. The van der Waals surface area contributed by atoms with Crippen molar-refractivity contribution in [2.45, 2.75) is 6.17 Å². The van der Waals surface area contributed by atoms with Gasteiger partial charge in [0.1, 0.15) is 0 Å². The molecule has 31 heavy (non-hydrogen) atoms. The first-order valence-electron chi connectivity index (χ1n) is 9.97. The first-order chi connectivity index (χ1) is 15.1. The zero-order chi connectivity index (χ0) is 21.6. The lowest BCUT2D eigenvalue weighted by molar-refractivity contribution is -0.117. The van der Waals surface area contributed by atoms with Crippen molar-refractivity contribution in [3.8, 4) is 6.07 Å². The summed E-state index contributed by atoms with van der Waals surface area (Å²) in [7, 11) is 0. The molecule has 2 aliphatic heterocycles. The third-order valence-corrected chi connectivity index (χ3v) is 5.02. The van der Waals surface area contributed by atoms with E-state index >= 15 is 0 Å². The van der Waals surface area contributed by atoms with Crippen molar-refractivity contribution < 1.29 is 14.3 Å². The molecule has 0 aromatic heterocycles. The first-order valence-corrected chi connectivity index (χ1v) is 9.97. The molecule has 0 aliphatic carbocycles. The van der Waals surface area contributed by atoms with Crippen molar-refractivity contribution in [3.63, 3.8) is 0 Å². The summed E-state index contributed by atoms with van der Waals surface area (Å²) >= 11 is 0. The van der Waals surface area contributed by atoms with Gasteiger partial charge in [-0.25, -0.2) is 4.79 Å². The molecule has 3 N–H and O–H groups in total. The van der Waals surface area contributed by atoms with Crippen molar-refractivity contribution in [3.05, 3.63) is 59.7 Å². The number of anilines is 2. The topological polar surface area (TPSA) is 119 Å². The second-order valence-corrected chi connectivity index (χ2v) is 7.19. The molecule has 1 unspecified atom stereocenters. The van der Waals surface area contributed by atoms with Crippen LogP contribution in [-0.4, -0.2) is 61.6 Å². The molecule has 4 rings (SSSR count). The summed E-state index contributed by atoms with van der Waals surface area (Å²) in [5.74, 6) is -0.426. The van der Waals surface area contributed by atoms with Crippen LogP contribution >= 0.6 is 0 Å². The fraction of sp³-hybridized carbons (Fsp3) is 0.273. The quantitative estimate of drug-likeness (QED) is 0.699. The summed E-state index contributed by atoms with van der Waals surface area (Å²) in [6.07, 6.45) is -1.09. The molecule has 1 saturated heterocycles. The van der Waals surface area contributed by atoms with Crippen LogP contribution in [0.1, 0.15) is 11.1 Å². The summed E-state index contributed by atoms with van der Waals surface area (Å²) in [6, 6.07) is 15.4. The average molecular weight is 418 g/mol. The van der Waals surface area contributed by atoms with Gasteiger partial charge in [0.15, 0.2) is 0 Å². The minimum absolute atomic E-state index is 0.422. The fourth-order valence-electron chi connectivity index (χ4n) is 3.48. The maximum absolute atomic E-state index is 12.8. The number of urea groups is 1. The third-order valence-electron chi connectivity index (χ3n) is 5.02. The second-order valence-electron chi connectivity index (χ2n) is 7.19. The Hall–Kier alpha value is -3.74. The molecule has 158 valence electrons. The van der Waals surface area contributed by atoms with Crippen LogP contribution in [0.4, 0.5) is 16.2 Å². The maximum atomic E-state index is 12.8. The number of nitrogens with zero attached hydrogens (tertiary/aromatic N) is 3. The number of amides is 3. The van der Waals surface area contributed by atoms with Crippen LogP contribution < -0.4 is 16.0 Å². The van der Waals surface area contributed by atoms with Crippen molar-refractivity contribution >= 4 is 29.0 Å². The molecule has 2 aromatic carbocycles. The highest BCUT2D eigenvalue weighted by Gasteiger charge is 2.27. The number of hydrogen-bond acceptors (Lipinski definition) is 6. The number of carbonyl (C=O) groups is 2. The van der Waals surface area contributed by atoms with Crippen LogP contribution in [0.3, 0.4) is 0 Å². The molecular weight excluding hydrogens is 396 g/mol. The number of morpholine rings is 1. The van der Waals surface area contributed by atoms with E-state index < -0.39 is 18.1 Å². The number of rotatable bonds is 4. The molecule has 2 aromatic rings. The van der Waals surface area contributed by atoms with E-state index in [4.69, 9.17) is 10.00 Å². The van der Waals surface area contributed by atoms with Crippen LogP contribution in [0.2, 0.25) is 0 Å². The summed E-state index contributed by atoms with van der Waals surface area (Å²) < 4.78 is 5.41. The molecule has 2 heterocycles. The molecule has 0 spiro atoms. The van der Waals surface area contributed by atoms with Gasteiger partial charge in [-0.05, 0) is 24.3 Å². The Morgan fingerprint density at radius 3 is 2.84 bits per heavy atom. The van der Waals surface area contributed by atoms with E-state index in [-0.39, 0.29) is 0 Å². The van der Waals surface area contributed by atoms with Gasteiger partial charge in [0, 0.05) is 36.6 Å². The number of hydrogen-bond donors (Lipinski definition) is 3. The zero-order valence-corrected chi connectivity index (χ0v) is 16.8. The van der Waals surface area contributed by atoms with Crippen molar-refractivity contribution in [2.24, 2.45) is 4.99 Å². The highest BCUT2D eigenvalue weighted by atomic mass is 16.5. The molecule has 3 amide bonds. The smallest absolute Gasteiger partial charge is 0.321 e. The van der Waals surface area contributed by atoms with Crippen LogP contribution in [0.25, 0.3) is 0 Å². The molecule has 0 saturated carbocycles. The summed E-state index contributed by atoms with van der Waals surface area (Å²) in [6.45, 7) is 3.39. The number of aliphatic imine (C=N–C) groups is 1. The normalized spacial score (nSPS) is 18.6. The van der Waals surface area contributed by atoms with Gasteiger partial charge >= 0.3 is 6.03 Å². The van der Waals surface area contributed by atoms with Gasteiger partial charge in [0.25, 0.3) is 5.91 Å². The van der Waals surface area contributed by atoms with Gasteiger partial charge in [0.2, 0.25) is 6.17 Å². The van der Waals surface area contributed by atoms with Crippen LogP contribution in [0, 0.1) is 11.3 Å². The van der Waals surface area contributed by atoms with Crippen molar-refractivity contribution in [1.29, 1.82) is 5.26 Å². The minimum Gasteiger partial charge on any atom is -0.379 e. The number of benzodiazepines with no additional fused rings is 1. The molecule has 2 aliphatic rings. The molecular formula is C22H22N6O3. The SMILES string of the molecule is N#Cc1cccc(NC(=O)NC2N=C(CN3CCOCC3)c3ccccc3NC2=O)c1. The summed E-state index contributed by atoms with van der Waals surface area (Å²) in [5, 5.41) is 17.1. The third kappa shape index (κ3) is 5.06. The largest absolute Gasteiger partial charge is 0.379 e.